The number of carbonyl (C=O) groups excluding carboxylic acids is 1. The molecule has 0 bridgehead atoms. The van der Waals surface area contributed by atoms with Gasteiger partial charge in [0.25, 0.3) is 0 Å². The first-order chi connectivity index (χ1) is 23.5. The Hall–Kier alpha value is -1.74. The molecule has 6 aliphatic rings. The minimum Gasteiger partial charge on any atom is -0.465 e. The minimum atomic E-state index is -2.86. The maximum Gasteiger partial charge on any atom is 0.337 e. The normalized spacial score (nSPS) is 42.6. The van der Waals surface area contributed by atoms with Gasteiger partial charge in [-0.2, -0.15) is 0 Å². The van der Waals surface area contributed by atoms with Gasteiger partial charge >= 0.3 is 5.97 Å². The van der Waals surface area contributed by atoms with Crippen molar-refractivity contribution in [2.45, 2.75) is 111 Å². The number of nitrogens with zero attached hydrogens (tertiary/aromatic N) is 1. The summed E-state index contributed by atoms with van der Waals surface area (Å²) >= 11 is 0. The topological polar surface area (TPSA) is 102 Å². The zero-order chi connectivity index (χ0) is 35.9. The van der Waals surface area contributed by atoms with E-state index >= 15 is 0 Å². The minimum absolute atomic E-state index is 0.0363. The predicted octanol–water partition coefficient (Wildman–Crippen LogP) is 6.97. The molecule has 10 atom stereocenters. The van der Waals surface area contributed by atoms with E-state index in [1.807, 2.05) is 12.1 Å². The third kappa shape index (κ3) is 5.58. The Labute approximate surface area is 302 Å². The average molecular weight is 708 g/mol. The van der Waals surface area contributed by atoms with Crippen molar-refractivity contribution in [3.05, 3.63) is 41.5 Å². The molecule has 1 unspecified atom stereocenters. The number of sulfone groups is 1. The summed E-state index contributed by atoms with van der Waals surface area (Å²) < 4.78 is 29.0. The Kier molecular flexibility index (Phi) is 9.29. The fourth-order valence-electron chi connectivity index (χ4n) is 14.0. The first-order valence-corrected chi connectivity index (χ1v) is 21.7. The Balaban J connectivity index is 1.14. The molecule has 0 radical (unpaired) electrons. The lowest BCUT2D eigenvalue weighted by molar-refractivity contribution is -0.220. The van der Waals surface area contributed by atoms with Crippen LogP contribution in [0.25, 0.3) is 5.57 Å². The number of carbonyl (C=O) groups is 1. The van der Waals surface area contributed by atoms with Gasteiger partial charge in [0.1, 0.15) is 0 Å². The summed E-state index contributed by atoms with van der Waals surface area (Å²) in [5.74, 6) is 3.40. The van der Waals surface area contributed by atoms with Crippen molar-refractivity contribution in [2.75, 3.05) is 44.8 Å². The summed E-state index contributed by atoms with van der Waals surface area (Å²) in [6.07, 6.45) is 13.8. The third-order valence-electron chi connectivity index (χ3n) is 16.7. The summed E-state index contributed by atoms with van der Waals surface area (Å²) in [6, 6.07) is 8.28. The number of nitrogens with one attached hydrogen (secondary N) is 1. The quantitative estimate of drug-likeness (QED) is 0.296. The van der Waals surface area contributed by atoms with E-state index in [0.717, 1.165) is 19.5 Å². The SMILES string of the molecule is COC(=O)c1ccc(C2=CC[C@]3(C)[C@H]4CC[C@@H]5[C@H]6[C@H](C(C)N)CC[C@]6(NCCN6CCS(=O)(=O)CC6)CC[C@@]5(C)[C@]4(C)CC[C@H]3C2(C)C)cc1. The highest BCUT2D eigenvalue weighted by Gasteiger charge is 2.70. The van der Waals surface area contributed by atoms with Gasteiger partial charge in [-0.05, 0) is 139 Å². The van der Waals surface area contributed by atoms with Gasteiger partial charge in [-0.3, -0.25) is 0 Å². The van der Waals surface area contributed by atoms with E-state index in [-0.39, 0.29) is 39.2 Å². The van der Waals surface area contributed by atoms with Crippen LogP contribution in [0.1, 0.15) is 115 Å². The van der Waals surface area contributed by atoms with E-state index in [4.69, 9.17) is 10.5 Å². The second kappa shape index (κ2) is 12.7. The molecule has 278 valence electrons. The maximum absolute atomic E-state index is 12.1. The van der Waals surface area contributed by atoms with Gasteiger partial charge in [0.2, 0.25) is 0 Å². The molecular formula is C42H65N3O4S. The summed E-state index contributed by atoms with van der Waals surface area (Å²) in [6.45, 7) is 18.5. The molecule has 0 amide bonds. The zero-order valence-corrected chi connectivity index (χ0v) is 32.8. The molecule has 1 aromatic carbocycles. The molecule has 0 spiro atoms. The largest absolute Gasteiger partial charge is 0.465 e. The molecule has 4 saturated carbocycles. The van der Waals surface area contributed by atoms with Gasteiger partial charge in [0.15, 0.2) is 9.84 Å². The number of methoxy groups -OCH3 is 1. The second-order valence-electron chi connectivity index (χ2n) is 18.9. The molecule has 7 nitrogen and oxygen atoms in total. The third-order valence-corrected chi connectivity index (χ3v) is 18.3. The Morgan fingerprint density at radius 3 is 2.30 bits per heavy atom. The van der Waals surface area contributed by atoms with Crippen LogP contribution < -0.4 is 11.1 Å². The smallest absolute Gasteiger partial charge is 0.337 e. The van der Waals surface area contributed by atoms with Crippen LogP contribution in [0.3, 0.4) is 0 Å². The Bertz CT molecular complexity index is 1590. The summed E-state index contributed by atoms with van der Waals surface area (Å²) in [5, 5.41) is 4.20. The molecule has 1 aliphatic heterocycles. The fraction of sp³-hybridized carbons (Fsp3) is 0.786. The molecule has 50 heavy (non-hydrogen) atoms. The van der Waals surface area contributed by atoms with E-state index < -0.39 is 9.84 Å². The molecular weight excluding hydrogens is 643 g/mol. The lowest BCUT2D eigenvalue weighted by Gasteiger charge is -2.72. The first kappa shape index (κ1) is 36.6. The van der Waals surface area contributed by atoms with Crippen molar-refractivity contribution in [1.82, 2.24) is 10.2 Å². The van der Waals surface area contributed by atoms with Crippen LogP contribution in [0, 0.1) is 51.2 Å². The number of fused-ring (bicyclic) bond motifs is 7. The standard InChI is InChI=1S/C42H65N3O4S/c1-28(43)31-14-19-42(44-22-23-45-24-26-50(47,48)27-25-45)21-20-40(5)33(36(31)42)12-13-35-39(4)17-15-32(29-8-10-30(11-9-29)37(46)49-7)38(2,3)34(39)16-18-41(35,40)6/h8-11,15,28,31,33-36,44H,12-14,16-27,43H2,1-7H3/t28?,31-,33+,34-,35+,36+,39-,40+,41+,42-/m0/s1. The van der Waals surface area contributed by atoms with Crippen LogP contribution in [0.5, 0.6) is 0 Å². The van der Waals surface area contributed by atoms with Crippen LogP contribution in [0.4, 0.5) is 0 Å². The predicted molar refractivity (Wildman–Crippen MR) is 202 cm³/mol. The molecule has 1 heterocycles. The number of hydrogen-bond donors (Lipinski definition) is 2. The summed E-state index contributed by atoms with van der Waals surface area (Å²) in [7, 11) is -1.42. The highest BCUT2D eigenvalue weighted by Crippen LogP contribution is 2.76. The van der Waals surface area contributed by atoms with Crippen molar-refractivity contribution in [1.29, 1.82) is 0 Å². The number of allylic oxidation sites excluding steroid dienone is 2. The van der Waals surface area contributed by atoms with Gasteiger partial charge in [-0.25, -0.2) is 13.2 Å². The second-order valence-corrected chi connectivity index (χ2v) is 21.2. The average Bonchev–Trinajstić information content (AvgIpc) is 3.45. The number of rotatable bonds is 7. The van der Waals surface area contributed by atoms with Gasteiger partial charge in [-0.15, -0.1) is 0 Å². The molecule has 7 rings (SSSR count). The Morgan fingerprint density at radius 1 is 0.940 bits per heavy atom. The van der Waals surface area contributed by atoms with E-state index in [0.29, 0.717) is 59.7 Å². The van der Waals surface area contributed by atoms with Crippen LogP contribution in [0.15, 0.2) is 30.3 Å². The van der Waals surface area contributed by atoms with Crippen LogP contribution in [0.2, 0.25) is 0 Å². The van der Waals surface area contributed by atoms with Gasteiger partial charge in [-0.1, -0.05) is 52.8 Å². The van der Waals surface area contributed by atoms with E-state index in [1.165, 1.54) is 69.6 Å². The van der Waals surface area contributed by atoms with Gasteiger partial charge in [0.05, 0.1) is 24.2 Å². The molecule has 3 N–H and O–H groups in total. The van der Waals surface area contributed by atoms with Crippen LogP contribution >= 0.6 is 0 Å². The molecule has 1 aromatic rings. The number of benzene rings is 1. The number of ether oxygens (including phenoxy) is 1. The Morgan fingerprint density at radius 2 is 1.64 bits per heavy atom. The zero-order valence-electron chi connectivity index (χ0n) is 32.0. The number of esters is 1. The van der Waals surface area contributed by atoms with Crippen molar-refractivity contribution in [2.24, 2.45) is 57.0 Å². The van der Waals surface area contributed by atoms with Crippen molar-refractivity contribution in [3.8, 4) is 0 Å². The van der Waals surface area contributed by atoms with Crippen molar-refractivity contribution in [3.63, 3.8) is 0 Å². The van der Waals surface area contributed by atoms with E-state index in [1.54, 1.807) is 0 Å². The van der Waals surface area contributed by atoms with Gasteiger partial charge in [0, 0.05) is 37.8 Å². The van der Waals surface area contributed by atoms with Gasteiger partial charge < -0.3 is 20.7 Å². The van der Waals surface area contributed by atoms with E-state index in [9.17, 15) is 13.2 Å². The maximum atomic E-state index is 12.1. The molecule has 5 fully saturated rings. The summed E-state index contributed by atoms with van der Waals surface area (Å²) in [4.78, 5) is 14.5. The van der Waals surface area contributed by atoms with Crippen LogP contribution in [-0.4, -0.2) is 75.7 Å². The lowest BCUT2D eigenvalue weighted by Crippen LogP contribution is -2.68. The fourth-order valence-corrected chi connectivity index (χ4v) is 15.3. The molecule has 0 aromatic heterocycles. The number of hydrogen-bond acceptors (Lipinski definition) is 7. The van der Waals surface area contributed by atoms with E-state index in [2.05, 4.69) is 70.0 Å². The number of nitrogens with two attached hydrogens (primary N) is 1. The lowest BCUT2D eigenvalue weighted by atomic mass is 9.33. The van der Waals surface area contributed by atoms with Crippen molar-refractivity contribution >= 4 is 21.4 Å². The molecule has 8 heteroatoms. The molecule has 5 aliphatic carbocycles. The molecule has 1 saturated heterocycles. The summed E-state index contributed by atoms with van der Waals surface area (Å²) in [5.41, 5.74) is 11.1. The van der Waals surface area contributed by atoms with Crippen molar-refractivity contribution < 1.29 is 17.9 Å². The van der Waals surface area contributed by atoms with Crippen LogP contribution in [-0.2, 0) is 14.6 Å². The highest BCUT2D eigenvalue weighted by atomic mass is 32.2. The first-order valence-electron chi connectivity index (χ1n) is 19.8. The monoisotopic (exact) mass is 707 g/mol. The highest BCUT2D eigenvalue weighted by molar-refractivity contribution is 7.91.